The second-order valence-electron chi connectivity index (χ2n) is 5.67. The van der Waals surface area contributed by atoms with Crippen molar-refractivity contribution >= 4 is 0 Å². The summed E-state index contributed by atoms with van der Waals surface area (Å²) >= 11 is 0. The van der Waals surface area contributed by atoms with E-state index in [4.69, 9.17) is 4.74 Å². The monoisotopic (exact) mass is 227 g/mol. The summed E-state index contributed by atoms with van der Waals surface area (Å²) in [6, 6.07) is 0.544. The van der Waals surface area contributed by atoms with E-state index >= 15 is 0 Å². The van der Waals surface area contributed by atoms with Crippen LogP contribution in [0.25, 0.3) is 0 Å². The summed E-state index contributed by atoms with van der Waals surface area (Å²) in [5.41, 5.74) is 0.104. The summed E-state index contributed by atoms with van der Waals surface area (Å²) in [5.74, 6) is 0.736. The van der Waals surface area contributed by atoms with Crippen LogP contribution in [0.1, 0.15) is 66.7 Å². The lowest BCUT2D eigenvalue weighted by Gasteiger charge is -2.34. The van der Waals surface area contributed by atoms with Gasteiger partial charge in [-0.05, 0) is 32.1 Å². The van der Waals surface area contributed by atoms with Crippen LogP contribution in [0.2, 0.25) is 0 Å². The molecule has 0 aromatic rings. The van der Waals surface area contributed by atoms with Crippen molar-refractivity contribution in [2.75, 3.05) is 0 Å². The fraction of sp³-hybridized carbons (Fsp3) is 1.00. The van der Waals surface area contributed by atoms with Gasteiger partial charge in [-0.1, -0.05) is 40.5 Å². The molecular formula is C14H29NO. The predicted octanol–water partition coefficient (Wildman–Crippen LogP) is 3.71. The Morgan fingerprint density at radius 1 is 1.19 bits per heavy atom. The van der Waals surface area contributed by atoms with Crippen LogP contribution in [0.3, 0.4) is 0 Å². The maximum atomic E-state index is 6.23. The third kappa shape index (κ3) is 3.21. The Morgan fingerprint density at radius 3 is 2.19 bits per heavy atom. The highest BCUT2D eigenvalue weighted by molar-refractivity contribution is 4.98. The smallest absolute Gasteiger partial charge is 0.106 e. The van der Waals surface area contributed by atoms with Crippen molar-refractivity contribution in [1.82, 2.24) is 5.32 Å². The van der Waals surface area contributed by atoms with Gasteiger partial charge in [0.1, 0.15) is 6.23 Å². The maximum Gasteiger partial charge on any atom is 0.106 e. The Bertz CT molecular complexity index is 197. The van der Waals surface area contributed by atoms with E-state index in [0.717, 1.165) is 5.92 Å². The molecule has 0 saturated carbocycles. The minimum atomic E-state index is 0.104. The first-order chi connectivity index (χ1) is 7.54. The van der Waals surface area contributed by atoms with Crippen LogP contribution >= 0.6 is 0 Å². The molecule has 1 heterocycles. The van der Waals surface area contributed by atoms with Crippen molar-refractivity contribution in [3.63, 3.8) is 0 Å². The number of hydrogen-bond acceptors (Lipinski definition) is 2. The summed E-state index contributed by atoms with van der Waals surface area (Å²) in [6.07, 6.45) is 6.25. The fourth-order valence-corrected chi connectivity index (χ4v) is 3.10. The largest absolute Gasteiger partial charge is 0.356 e. The summed E-state index contributed by atoms with van der Waals surface area (Å²) < 4.78 is 6.23. The van der Waals surface area contributed by atoms with Gasteiger partial charge < -0.3 is 4.74 Å². The van der Waals surface area contributed by atoms with E-state index in [1.54, 1.807) is 0 Å². The van der Waals surface area contributed by atoms with Crippen molar-refractivity contribution < 1.29 is 4.74 Å². The van der Waals surface area contributed by atoms with Gasteiger partial charge >= 0.3 is 0 Å². The van der Waals surface area contributed by atoms with Crippen LogP contribution < -0.4 is 5.32 Å². The Balaban J connectivity index is 2.75. The molecule has 2 atom stereocenters. The van der Waals surface area contributed by atoms with Crippen LogP contribution in [0.5, 0.6) is 0 Å². The number of ether oxygens (including phenoxy) is 1. The zero-order valence-electron chi connectivity index (χ0n) is 11.7. The molecule has 2 heteroatoms. The number of rotatable bonds is 6. The van der Waals surface area contributed by atoms with E-state index in [0.29, 0.717) is 6.04 Å². The highest BCUT2D eigenvalue weighted by atomic mass is 16.5. The van der Waals surface area contributed by atoms with Gasteiger partial charge in [-0.15, -0.1) is 0 Å². The zero-order chi connectivity index (χ0) is 12.2. The van der Waals surface area contributed by atoms with Crippen LogP contribution in [-0.4, -0.2) is 17.9 Å². The van der Waals surface area contributed by atoms with Gasteiger partial charge in [0, 0.05) is 6.04 Å². The Labute approximate surface area is 101 Å². The minimum absolute atomic E-state index is 0.104. The molecule has 0 aromatic carbocycles. The van der Waals surface area contributed by atoms with E-state index in [9.17, 15) is 0 Å². The molecule has 0 spiro atoms. The molecule has 1 fully saturated rings. The molecule has 0 aromatic heterocycles. The molecular weight excluding hydrogens is 198 g/mol. The van der Waals surface area contributed by atoms with E-state index < -0.39 is 0 Å². The van der Waals surface area contributed by atoms with Gasteiger partial charge in [-0.25, -0.2) is 0 Å². The maximum absolute atomic E-state index is 6.23. The average molecular weight is 227 g/mol. The molecule has 2 nitrogen and oxygen atoms in total. The summed E-state index contributed by atoms with van der Waals surface area (Å²) in [5, 5.41) is 3.62. The molecule has 0 amide bonds. The lowest BCUT2D eigenvalue weighted by Crippen LogP contribution is -2.44. The van der Waals surface area contributed by atoms with E-state index in [2.05, 4.69) is 39.9 Å². The van der Waals surface area contributed by atoms with E-state index in [1.807, 2.05) is 0 Å². The Morgan fingerprint density at radius 2 is 1.75 bits per heavy atom. The molecule has 0 aliphatic carbocycles. The standard InChI is InChI=1S/C14H29NO/c1-6-8-14(9-7-2)13(10-11(3)4)15-12(5)16-14/h11-13,15H,6-10H2,1-5H3/t12-,13-/m0/s1. The minimum Gasteiger partial charge on any atom is -0.356 e. The van der Waals surface area contributed by atoms with Crippen LogP contribution in [-0.2, 0) is 4.74 Å². The third-order valence-electron chi connectivity index (χ3n) is 3.54. The van der Waals surface area contributed by atoms with E-state index in [-0.39, 0.29) is 11.8 Å². The Kier molecular flexibility index (Phi) is 5.26. The topological polar surface area (TPSA) is 21.3 Å². The molecule has 1 rings (SSSR count). The van der Waals surface area contributed by atoms with Crippen LogP contribution in [0, 0.1) is 5.92 Å². The molecule has 1 saturated heterocycles. The highest BCUT2D eigenvalue weighted by Crippen LogP contribution is 2.36. The van der Waals surface area contributed by atoms with Crippen LogP contribution in [0.15, 0.2) is 0 Å². The lowest BCUT2D eigenvalue weighted by molar-refractivity contribution is -0.0556. The zero-order valence-corrected chi connectivity index (χ0v) is 11.7. The fourth-order valence-electron chi connectivity index (χ4n) is 3.10. The van der Waals surface area contributed by atoms with Crippen molar-refractivity contribution in [3.8, 4) is 0 Å². The molecule has 16 heavy (non-hydrogen) atoms. The lowest BCUT2D eigenvalue weighted by atomic mass is 9.82. The molecule has 1 aliphatic rings. The highest BCUT2D eigenvalue weighted by Gasteiger charge is 2.45. The number of nitrogens with one attached hydrogen (secondary N) is 1. The average Bonchev–Trinajstić information content (AvgIpc) is 2.43. The van der Waals surface area contributed by atoms with Gasteiger partial charge in [0.05, 0.1) is 5.60 Å². The second kappa shape index (κ2) is 6.02. The van der Waals surface area contributed by atoms with Crippen molar-refractivity contribution in [1.29, 1.82) is 0 Å². The molecule has 0 bridgehead atoms. The van der Waals surface area contributed by atoms with E-state index in [1.165, 1.54) is 32.1 Å². The summed E-state index contributed by atoms with van der Waals surface area (Å²) in [7, 11) is 0. The predicted molar refractivity (Wildman–Crippen MR) is 69.5 cm³/mol. The van der Waals surface area contributed by atoms with Gasteiger partial charge in [0.2, 0.25) is 0 Å². The van der Waals surface area contributed by atoms with Gasteiger partial charge in [-0.3, -0.25) is 5.32 Å². The quantitative estimate of drug-likeness (QED) is 0.747. The first-order valence-corrected chi connectivity index (χ1v) is 6.98. The van der Waals surface area contributed by atoms with Crippen molar-refractivity contribution in [3.05, 3.63) is 0 Å². The third-order valence-corrected chi connectivity index (χ3v) is 3.54. The van der Waals surface area contributed by atoms with Gasteiger partial charge in [-0.2, -0.15) is 0 Å². The second-order valence-corrected chi connectivity index (χ2v) is 5.67. The first-order valence-electron chi connectivity index (χ1n) is 6.98. The molecule has 1 N–H and O–H groups in total. The molecule has 96 valence electrons. The first kappa shape index (κ1) is 14.0. The van der Waals surface area contributed by atoms with Crippen LogP contribution in [0.4, 0.5) is 0 Å². The SMILES string of the molecule is CCCC1(CCC)O[C@@H](C)N[C@H]1CC(C)C. The number of hydrogen-bond donors (Lipinski definition) is 1. The normalized spacial score (nSPS) is 28.9. The van der Waals surface area contributed by atoms with Crippen molar-refractivity contribution in [2.24, 2.45) is 5.92 Å². The Hall–Kier alpha value is -0.0800. The summed E-state index contributed by atoms with van der Waals surface area (Å²) in [4.78, 5) is 0. The molecule has 0 unspecified atom stereocenters. The molecule has 0 radical (unpaired) electrons. The van der Waals surface area contributed by atoms with Gasteiger partial charge in [0.25, 0.3) is 0 Å². The van der Waals surface area contributed by atoms with Crippen molar-refractivity contribution in [2.45, 2.75) is 84.6 Å². The van der Waals surface area contributed by atoms with Gasteiger partial charge in [0.15, 0.2) is 0 Å². The summed E-state index contributed by atoms with van der Waals surface area (Å²) in [6.45, 7) is 11.3. The molecule has 1 aliphatic heterocycles.